The molecule has 0 amide bonds. The summed E-state index contributed by atoms with van der Waals surface area (Å²) in [6.07, 6.45) is 17.7. The Labute approximate surface area is 180 Å². The average Bonchev–Trinajstić information content (AvgIpc) is 3.03. The predicted molar refractivity (Wildman–Crippen MR) is 124 cm³/mol. The Morgan fingerprint density at radius 3 is 2.45 bits per heavy atom. The third-order valence-electron chi connectivity index (χ3n) is 10.6. The molecule has 0 heterocycles. The second kappa shape index (κ2) is 7.85. The Kier molecular flexibility index (Phi) is 5.86. The summed E-state index contributed by atoms with van der Waals surface area (Å²) in [5.74, 6) is 5.63. The lowest BCUT2D eigenvalue weighted by atomic mass is 9.47. The summed E-state index contributed by atoms with van der Waals surface area (Å²) in [4.78, 5) is 0. The molecule has 0 spiro atoms. The molecule has 1 nitrogen and oxygen atoms in total. The topological polar surface area (TPSA) is 20.2 Å². The number of hydrogen-bond donors (Lipinski definition) is 1. The van der Waals surface area contributed by atoms with Crippen molar-refractivity contribution in [1.29, 1.82) is 0 Å². The maximum absolute atomic E-state index is 10.2. The van der Waals surface area contributed by atoms with E-state index >= 15 is 0 Å². The number of allylic oxidation sites excluding steroid dienone is 3. The van der Waals surface area contributed by atoms with Crippen LogP contribution in [0, 0.1) is 52.3 Å². The Morgan fingerprint density at radius 2 is 1.72 bits per heavy atom. The van der Waals surface area contributed by atoms with Gasteiger partial charge in [0.25, 0.3) is 0 Å². The smallest absolute Gasteiger partial charge is 0.0577 e. The fourth-order valence-corrected chi connectivity index (χ4v) is 8.25. The standard InChI is InChI=1S/C28H46O/c1-18(2)19(3)7-8-20(4)24-11-12-25-23-10-9-21-17-22(29)13-15-27(21,5)26(23)14-16-28(24,25)6/h7-9,18-20,22-26,29H,10-17H2,1-6H3/b8-7+/t19-,20+,22?,23-,24+,25-,26-,27-,28+/m0/s1. The summed E-state index contributed by atoms with van der Waals surface area (Å²) < 4.78 is 0. The van der Waals surface area contributed by atoms with Crippen LogP contribution in [-0.4, -0.2) is 11.2 Å². The largest absolute Gasteiger partial charge is 0.393 e. The van der Waals surface area contributed by atoms with Gasteiger partial charge in [0.05, 0.1) is 6.10 Å². The molecule has 4 rings (SSSR count). The van der Waals surface area contributed by atoms with Gasteiger partial charge >= 0.3 is 0 Å². The molecule has 0 radical (unpaired) electrons. The Balaban J connectivity index is 1.53. The molecule has 4 aliphatic carbocycles. The highest BCUT2D eigenvalue weighted by molar-refractivity contribution is 5.25. The molecule has 1 N–H and O–H groups in total. The van der Waals surface area contributed by atoms with Crippen molar-refractivity contribution in [2.24, 2.45) is 52.3 Å². The van der Waals surface area contributed by atoms with E-state index in [0.717, 1.165) is 42.4 Å². The van der Waals surface area contributed by atoms with Gasteiger partial charge in [-0.1, -0.05) is 65.3 Å². The van der Waals surface area contributed by atoms with Gasteiger partial charge < -0.3 is 5.11 Å². The zero-order valence-electron chi connectivity index (χ0n) is 20.0. The lowest BCUT2D eigenvalue weighted by Gasteiger charge is -2.58. The predicted octanol–water partition coefficient (Wildman–Crippen LogP) is 7.41. The SMILES string of the molecule is CC(C)[C@@H](C)/C=C/[C@@H](C)[C@H]1CC[C@H]2[C@@H]3CC=C4CC(O)CC[C@]4(C)[C@H]3CC[C@]12C. The molecule has 0 aliphatic heterocycles. The molecule has 0 aromatic heterocycles. The van der Waals surface area contributed by atoms with Gasteiger partial charge in [0.2, 0.25) is 0 Å². The number of aliphatic hydroxyl groups excluding tert-OH is 1. The second-order valence-corrected chi connectivity index (χ2v) is 12.2. The van der Waals surface area contributed by atoms with Gasteiger partial charge in [0.15, 0.2) is 0 Å². The summed E-state index contributed by atoms with van der Waals surface area (Å²) >= 11 is 0. The van der Waals surface area contributed by atoms with Crippen molar-refractivity contribution in [1.82, 2.24) is 0 Å². The third-order valence-corrected chi connectivity index (χ3v) is 10.6. The van der Waals surface area contributed by atoms with Crippen LogP contribution in [0.4, 0.5) is 0 Å². The first-order valence-corrected chi connectivity index (χ1v) is 12.7. The Hall–Kier alpha value is -0.560. The van der Waals surface area contributed by atoms with E-state index in [-0.39, 0.29) is 6.10 Å². The van der Waals surface area contributed by atoms with Crippen molar-refractivity contribution < 1.29 is 5.11 Å². The molecule has 0 saturated heterocycles. The van der Waals surface area contributed by atoms with Crippen molar-refractivity contribution in [2.45, 2.75) is 99.0 Å². The van der Waals surface area contributed by atoms with Crippen LogP contribution in [0.3, 0.4) is 0 Å². The van der Waals surface area contributed by atoms with Crippen molar-refractivity contribution in [3.05, 3.63) is 23.8 Å². The molecule has 1 unspecified atom stereocenters. The first-order chi connectivity index (χ1) is 13.7. The van der Waals surface area contributed by atoms with Crippen LogP contribution in [-0.2, 0) is 0 Å². The first kappa shape index (κ1) is 21.7. The lowest BCUT2D eigenvalue weighted by Crippen LogP contribution is -2.50. The molecule has 4 aliphatic rings. The molecule has 3 fully saturated rings. The number of aliphatic hydroxyl groups is 1. The fourth-order valence-electron chi connectivity index (χ4n) is 8.25. The number of fused-ring (bicyclic) bond motifs is 5. The second-order valence-electron chi connectivity index (χ2n) is 12.2. The van der Waals surface area contributed by atoms with E-state index in [2.05, 4.69) is 59.8 Å². The molecule has 9 atom stereocenters. The van der Waals surface area contributed by atoms with E-state index in [0.29, 0.717) is 22.7 Å². The zero-order valence-corrected chi connectivity index (χ0v) is 20.0. The Bertz CT molecular complexity index is 659. The normalized spacial score (nSPS) is 46.8. The number of rotatable bonds is 4. The van der Waals surface area contributed by atoms with Gasteiger partial charge in [-0.05, 0) is 104 Å². The van der Waals surface area contributed by atoms with Crippen LogP contribution in [0.25, 0.3) is 0 Å². The van der Waals surface area contributed by atoms with Gasteiger partial charge in [0, 0.05) is 0 Å². The van der Waals surface area contributed by atoms with Gasteiger partial charge in [-0.15, -0.1) is 0 Å². The minimum atomic E-state index is -0.0866. The summed E-state index contributed by atoms with van der Waals surface area (Å²) in [6.45, 7) is 14.7. The van der Waals surface area contributed by atoms with Gasteiger partial charge in [0.1, 0.15) is 0 Å². The molecular weight excluding hydrogens is 352 g/mol. The molecule has 164 valence electrons. The molecule has 3 saturated carbocycles. The van der Waals surface area contributed by atoms with Crippen molar-refractivity contribution in [3.63, 3.8) is 0 Å². The van der Waals surface area contributed by atoms with Gasteiger partial charge in [-0.2, -0.15) is 0 Å². The van der Waals surface area contributed by atoms with Crippen LogP contribution in [0.1, 0.15) is 92.9 Å². The molecule has 0 aromatic rings. The molecular formula is C28H46O. The van der Waals surface area contributed by atoms with Crippen LogP contribution in [0.5, 0.6) is 0 Å². The quantitative estimate of drug-likeness (QED) is 0.489. The van der Waals surface area contributed by atoms with Crippen LogP contribution in [0.15, 0.2) is 23.8 Å². The summed E-state index contributed by atoms with van der Waals surface area (Å²) in [7, 11) is 0. The molecule has 29 heavy (non-hydrogen) atoms. The summed E-state index contributed by atoms with van der Waals surface area (Å²) in [5, 5.41) is 10.2. The maximum atomic E-state index is 10.2. The average molecular weight is 399 g/mol. The van der Waals surface area contributed by atoms with Crippen LogP contribution in [0.2, 0.25) is 0 Å². The maximum Gasteiger partial charge on any atom is 0.0577 e. The highest BCUT2D eigenvalue weighted by Crippen LogP contribution is 2.67. The van der Waals surface area contributed by atoms with Crippen LogP contribution < -0.4 is 0 Å². The van der Waals surface area contributed by atoms with E-state index < -0.39 is 0 Å². The van der Waals surface area contributed by atoms with Gasteiger partial charge in [-0.25, -0.2) is 0 Å². The lowest BCUT2D eigenvalue weighted by molar-refractivity contribution is -0.0540. The van der Waals surface area contributed by atoms with Gasteiger partial charge in [-0.3, -0.25) is 0 Å². The van der Waals surface area contributed by atoms with Crippen molar-refractivity contribution in [2.75, 3.05) is 0 Å². The fraction of sp³-hybridized carbons (Fsp3) is 0.857. The minimum Gasteiger partial charge on any atom is -0.393 e. The third kappa shape index (κ3) is 3.58. The molecule has 1 heteroatoms. The van der Waals surface area contributed by atoms with E-state index in [4.69, 9.17) is 0 Å². The van der Waals surface area contributed by atoms with Crippen molar-refractivity contribution >= 4 is 0 Å². The summed E-state index contributed by atoms with van der Waals surface area (Å²) in [5.41, 5.74) is 2.51. The molecule has 0 bridgehead atoms. The minimum absolute atomic E-state index is 0.0866. The van der Waals surface area contributed by atoms with E-state index in [1.807, 2.05) is 0 Å². The monoisotopic (exact) mass is 398 g/mol. The first-order valence-electron chi connectivity index (χ1n) is 12.7. The summed E-state index contributed by atoms with van der Waals surface area (Å²) in [6, 6.07) is 0. The zero-order chi connectivity index (χ0) is 21.0. The highest BCUT2D eigenvalue weighted by Gasteiger charge is 2.58. The molecule has 0 aromatic carbocycles. The Morgan fingerprint density at radius 1 is 0.966 bits per heavy atom. The van der Waals surface area contributed by atoms with Crippen LogP contribution >= 0.6 is 0 Å². The van der Waals surface area contributed by atoms with E-state index in [1.165, 1.54) is 38.5 Å². The van der Waals surface area contributed by atoms with Crippen molar-refractivity contribution in [3.8, 4) is 0 Å². The number of hydrogen-bond acceptors (Lipinski definition) is 1. The van der Waals surface area contributed by atoms with E-state index in [9.17, 15) is 5.11 Å². The van der Waals surface area contributed by atoms with E-state index in [1.54, 1.807) is 5.57 Å². The highest BCUT2D eigenvalue weighted by atomic mass is 16.3.